The first kappa shape index (κ1) is 44.7. The predicted molar refractivity (Wildman–Crippen MR) is 230 cm³/mol. The van der Waals surface area contributed by atoms with Gasteiger partial charge in [0.2, 0.25) is 0 Å². The fourth-order valence-electron chi connectivity index (χ4n) is 8.94. The summed E-state index contributed by atoms with van der Waals surface area (Å²) in [6, 6.07) is 11.8. The summed E-state index contributed by atoms with van der Waals surface area (Å²) in [6.07, 6.45) is 4.97. The van der Waals surface area contributed by atoms with Crippen molar-refractivity contribution in [3.05, 3.63) is 63.6 Å². The SMILES string of the molecule is CCC.CCCOC(=O)CCN1CCC(N2CCN(C(=O)[C@@H](Cc3cc(C)c4c(c3)oc(=O)n4C)OC(=O)N3CCC(N4CCc5ccccc5NC4=O)CC3)CC2)CC1. The Bertz CT molecular complexity index is 1990. The van der Waals surface area contributed by atoms with Crippen molar-refractivity contribution in [1.82, 2.24) is 29.1 Å². The number of fused-ring (bicyclic) bond motifs is 2. The Balaban J connectivity index is 0.00000195. The fourth-order valence-corrected chi connectivity index (χ4v) is 8.94. The summed E-state index contributed by atoms with van der Waals surface area (Å²) < 4.78 is 18.3. The van der Waals surface area contributed by atoms with Crippen LogP contribution in [0.2, 0.25) is 0 Å². The van der Waals surface area contributed by atoms with Crippen molar-refractivity contribution in [3.63, 3.8) is 0 Å². The highest BCUT2D eigenvalue weighted by Crippen LogP contribution is 2.27. The lowest BCUT2D eigenvalue weighted by Crippen LogP contribution is -2.56. The number of oxazole rings is 1. The average molecular weight is 832 g/mol. The second-order valence-corrected chi connectivity index (χ2v) is 16.6. The van der Waals surface area contributed by atoms with Gasteiger partial charge in [-0.2, -0.15) is 0 Å². The second-order valence-electron chi connectivity index (χ2n) is 16.6. The summed E-state index contributed by atoms with van der Waals surface area (Å²) in [5.41, 5.74) is 4.62. The van der Waals surface area contributed by atoms with Crippen LogP contribution in [0.25, 0.3) is 11.1 Å². The minimum Gasteiger partial charge on any atom is -0.466 e. The highest BCUT2D eigenvalue weighted by atomic mass is 16.6. The molecule has 0 radical (unpaired) electrons. The number of para-hydroxylation sites is 1. The number of rotatable bonds is 11. The normalized spacial score (nSPS) is 18.9. The lowest BCUT2D eigenvalue weighted by atomic mass is 10.0. The van der Waals surface area contributed by atoms with E-state index in [0.717, 1.165) is 74.2 Å². The topological polar surface area (TPSA) is 150 Å². The number of carbonyl (C=O) groups excluding carboxylic acids is 4. The Morgan fingerprint density at radius 2 is 1.55 bits per heavy atom. The Labute approximate surface area is 353 Å². The van der Waals surface area contributed by atoms with E-state index in [0.29, 0.717) is 82.3 Å². The van der Waals surface area contributed by atoms with Crippen LogP contribution in [0.5, 0.6) is 0 Å². The predicted octanol–water partition coefficient (Wildman–Crippen LogP) is 5.41. The van der Waals surface area contributed by atoms with Crippen molar-refractivity contribution < 1.29 is 33.1 Å². The molecule has 0 spiro atoms. The zero-order valence-corrected chi connectivity index (χ0v) is 36.3. The van der Waals surface area contributed by atoms with E-state index in [2.05, 4.69) is 29.0 Å². The highest BCUT2D eigenvalue weighted by molar-refractivity contribution is 5.91. The third kappa shape index (κ3) is 11.1. The molecule has 4 aliphatic heterocycles. The Kier molecular flexibility index (Phi) is 15.7. The van der Waals surface area contributed by atoms with Crippen LogP contribution in [0.1, 0.15) is 82.4 Å². The number of anilines is 1. The molecule has 15 heteroatoms. The van der Waals surface area contributed by atoms with Gasteiger partial charge in [-0.25, -0.2) is 14.4 Å². The summed E-state index contributed by atoms with van der Waals surface area (Å²) in [7, 11) is 1.66. The van der Waals surface area contributed by atoms with Crippen LogP contribution >= 0.6 is 0 Å². The maximum Gasteiger partial charge on any atom is 0.419 e. The number of aryl methyl sites for hydroxylation is 2. The summed E-state index contributed by atoms with van der Waals surface area (Å²) in [5.74, 6) is -0.845. The quantitative estimate of drug-likeness (QED) is 0.249. The van der Waals surface area contributed by atoms with Crippen molar-refractivity contribution >= 4 is 40.8 Å². The van der Waals surface area contributed by atoms with Gasteiger partial charge in [0.1, 0.15) is 0 Å². The molecule has 15 nitrogen and oxygen atoms in total. The van der Waals surface area contributed by atoms with E-state index in [-0.39, 0.29) is 30.4 Å². The van der Waals surface area contributed by atoms with E-state index < -0.39 is 18.0 Å². The minimum absolute atomic E-state index is 0.0195. The average Bonchev–Trinajstić information content (AvgIpc) is 3.43. The smallest absolute Gasteiger partial charge is 0.419 e. The molecule has 4 amide bonds. The van der Waals surface area contributed by atoms with E-state index in [4.69, 9.17) is 13.9 Å². The van der Waals surface area contributed by atoms with Crippen molar-refractivity contribution in [1.29, 1.82) is 0 Å². The molecule has 1 aromatic heterocycles. The number of esters is 1. The van der Waals surface area contributed by atoms with Crippen LogP contribution in [0.4, 0.5) is 15.3 Å². The minimum atomic E-state index is -1.07. The molecule has 60 heavy (non-hydrogen) atoms. The summed E-state index contributed by atoms with van der Waals surface area (Å²) >= 11 is 0. The number of aromatic nitrogens is 1. The molecule has 3 saturated heterocycles. The van der Waals surface area contributed by atoms with Crippen LogP contribution in [0.15, 0.2) is 45.6 Å². The fraction of sp³-hybridized carbons (Fsp3) is 0.622. The van der Waals surface area contributed by atoms with Gasteiger partial charge in [0.15, 0.2) is 11.7 Å². The van der Waals surface area contributed by atoms with Gasteiger partial charge in [-0.05, 0) is 87.4 Å². The second kappa shape index (κ2) is 21.1. The van der Waals surface area contributed by atoms with Crippen LogP contribution in [-0.4, -0.2) is 143 Å². The van der Waals surface area contributed by atoms with Gasteiger partial charge in [0, 0.05) is 83.6 Å². The monoisotopic (exact) mass is 831 g/mol. The van der Waals surface area contributed by atoms with Crippen molar-refractivity contribution in [2.24, 2.45) is 7.05 Å². The Morgan fingerprint density at radius 3 is 2.25 bits per heavy atom. The Morgan fingerprint density at radius 1 is 0.867 bits per heavy atom. The van der Waals surface area contributed by atoms with Crippen molar-refractivity contribution in [3.8, 4) is 0 Å². The number of likely N-dealkylation sites (tertiary alicyclic amines) is 2. The molecule has 328 valence electrons. The number of hydrogen-bond acceptors (Lipinski definition) is 10. The van der Waals surface area contributed by atoms with Gasteiger partial charge in [-0.1, -0.05) is 51.5 Å². The standard InChI is InChI=1S/C42H57N7O8.C3H8/c1-4-25-55-37(50)14-17-45-15-10-32(11-16-45)46-21-23-47(24-22-46)39(51)36(28-30-26-29(2)38-35(27-30)56-41(53)44(38)3)57-42(54)48-18-12-33(13-19-48)49-20-9-31-7-5-6-8-34(31)43-40(49)52;1-3-2/h5-8,26-27,32-33,36H,4,9-25,28H2,1-3H3,(H,43,52);3H2,1-2H3/t36-;/m1./s1. The molecule has 3 fully saturated rings. The summed E-state index contributed by atoms with van der Waals surface area (Å²) in [6.45, 7) is 15.1. The molecule has 1 atom stereocenters. The van der Waals surface area contributed by atoms with Gasteiger partial charge in [-0.3, -0.25) is 19.1 Å². The lowest BCUT2D eigenvalue weighted by molar-refractivity contribution is -0.144. The van der Waals surface area contributed by atoms with E-state index in [1.165, 1.54) is 11.0 Å². The van der Waals surface area contributed by atoms with Gasteiger partial charge >= 0.3 is 23.8 Å². The zero-order valence-electron chi connectivity index (χ0n) is 36.3. The molecule has 4 aliphatic rings. The number of carbonyl (C=O) groups is 4. The van der Waals surface area contributed by atoms with Crippen molar-refractivity contribution in [2.45, 2.75) is 104 Å². The summed E-state index contributed by atoms with van der Waals surface area (Å²) in [4.78, 5) is 75.7. The molecule has 2 aromatic carbocycles. The third-order valence-corrected chi connectivity index (χ3v) is 12.2. The Hall–Kier alpha value is -4.89. The molecule has 3 aromatic rings. The van der Waals surface area contributed by atoms with Gasteiger partial charge in [-0.15, -0.1) is 0 Å². The molecule has 0 aliphatic carbocycles. The lowest BCUT2D eigenvalue weighted by Gasteiger charge is -2.43. The molecule has 5 heterocycles. The number of ether oxygens (including phenoxy) is 2. The largest absolute Gasteiger partial charge is 0.466 e. The van der Waals surface area contributed by atoms with E-state index in [9.17, 15) is 24.0 Å². The number of urea groups is 1. The molecule has 0 unspecified atom stereocenters. The number of piperazine rings is 1. The van der Waals surface area contributed by atoms with E-state index in [1.807, 2.05) is 54.0 Å². The highest BCUT2D eigenvalue weighted by Gasteiger charge is 2.36. The van der Waals surface area contributed by atoms with Gasteiger partial charge in [0.25, 0.3) is 5.91 Å². The van der Waals surface area contributed by atoms with Crippen molar-refractivity contribution in [2.75, 3.05) is 77.4 Å². The molecule has 1 N–H and O–H groups in total. The molecule has 0 saturated carbocycles. The maximum absolute atomic E-state index is 14.3. The number of amides is 4. The van der Waals surface area contributed by atoms with Gasteiger partial charge in [0.05, 0.1) is 18.5 Å². The number of nitrogens with zero attached hydrogens (tertiary/aromatic N) is 6. The number of piperidine rings is 2. The van der Waals surface area contributed by atoms with E-state index in [1.54, 1.807) is 18.0 Å². The molecule has 0 bridgehead atoms. The first-order valence-electron chi connectivity index (χ1n) is 22.1. The van der Waals surface area contributed by atoms with Crippen LogP contribution in [0, 0.1) is 6.92 Å². The van der Waals surface area contributed by atoms with E-state index >= 15 is 0 Å². The number of nitrogens with one attached hydrogen (secondary N) is 1. The summed E-state index contributed by atoms with van der Waals surface area (Å²) in [5, 5.41) is 3.05. The van der Waals surface area contributed by atoms with Crippen LogP contribution < -0.4 is 11.1 Å². The van der Waals surface area contributed by atoms with Crippen LogP contribution in [0.3, 0.4) is 0 Å². The maximum atomic E-state index is 14.3. The zero-order chi connectivity index (χ0) is 42.8. The third-order valence-electron chi connectivity index (χ3n) is 12.2. The molecular formula is C45H65N7O8. The van der Waals surface area contributed by atoms with Crippen LogP contribution in [-0.2, 0) is 39.0 Å². The number of hydrogen-bond donors (Lipinski definition) is 1. The first-order valence-corrected chi connectivity index (χ1v) is 22.1. The first-order chi connectivity index (χ1) is 29.0. The number of benzene rings is 2. The molecular weight excluding hydrogens is 767 g/mol. The van der Waals surface area contributed by atoms with Gasteiger partial charge < -0.3 is 38.8 Å². The molecule has 7 rings (SSSR count).